The minimum absolute atomic E-state index is 0.334. The van der Waals surface area contributed by atoms with Crippen LogP contribution < -0.4 is 20.3 Å². The third kappa shape index (κ3) is 5.39. The zero-order valence-electron chi connectivity index (χ0n) is 14.6. The second kappa shape index (κ2) is 9.68. The fourth-order valence-electron chi connectivity index (χ4n) is 2.06. The smallest absolute Gasteiger partial charge is 0.279 e. The number of para-hydroxylation sites is 2. The molecule has 2 aromatic rings. The van der Waals surface area contributed by atoms with Crippen molar-refractivity contribution in [3.8, 4) is 11.5 Å². The molecule has 26 heavy (non-hydrogen) atoms. The van der Waals surface area contributed by atoms with E-state index in [4.69, 9.17) is 21.1 Å². The summed E-state index contributed by atoms with van der Waals surface area (Å²) >= 11 is 6.00. The predicted molar refractivity (Wildman–Crippen MR) is 99.4 cm³/mol. The predicted octanol–water partition coefficient (Wildman–Crippen LogP) is 3.36. The van der Waals surface area contributed by atoms with Gasteiger partial charge < -0.3 is 9.47 Å². The zero-order chi connectivity index (χ0) is 18.9. The summed E-state index contributed by atoms with van der Waals surface area (Å²) in [6, 6.07) is 13.7. The van der Waals surface area contributed by atoms with E-state index < -0.39 is 17.9 Å². The van der Waals surface area contributed by atoms with Crippen molar-refractivity contribution < 1.29 is 19.1 Å². The Kier molecular flexibility index (Phi) is 7.29. The van der Waals surface area contributed by atoms with Crippen molar-refractivity contribution in [3.63, 3.8) is 0 Å². The maximum absolute atomic E-state index is 12.3. The molecule has 2 aromatic carbocycles. The summed E-state index contributed by atoms with van der Waals surface area (Å²) in [7, 11) is 0. The molecule has 0 saturated heterocycles. The van der Waals surface area contributed by atoms with Gasteiger partial charge >= 0.3 is 0 Å². The van der Waals surface area contributed by atoms with E-state index in [1.54, 1.807) is 55.5 Å². The number of carbonyl (C=O) groups excluding carboxylic acids is 2. The van der Waals surface area contributed by atoms with Crippen LogP contribution >= 0.6 is 11.6 Å². The fraction of sp³-hybridized carbons (Fsp3) is 0.263. The van der Waals surface area contributed by atoms with Crippen LogP contribution in [0.1, 0.15) is 30.6 Å². The number of amides is 2. The first kappa shape index (κ1) is 19.6. The Bertz CT molecular complexity index is 767. The molecule has 2 rings (SSSR count). The van der Waals surface area contributed by atoms with Crippen LogP contribution in [0.3, 0.4) is 0 Å². The standard InChI is InChI=1S/C19H21ClN2O4/c1-3-12-25-16-10-6-4-8-14(16)19(24)22-21-18(23)13(2)26-17-11-7-5-9-15(17)20/h4-11,13H,3,12H2,1-2H3,(H,21,23)(H,22,24). The van der Waals surface area contributed by atoms with Crippen molar-refractivity contribution >= 4 is 23.4 Å². The van der Waals surface area contributed by atoms with Crippen molar-refractivity contribution in [1.29, 1.82) is 0 Å². The van der Waals surface area contributed by atoms with Crippen LogP contribution in [0.15, 0.2) is 48.5 Å². The van der Waals surface area contributed by atoms with E-state index in [1.165, 1.54) is 0 Å². The van der Waals surface area contributed by atoms with E-state index in [0.29, 0.717) is 28.7 Å². The van der Waals surface area contributed by atoms with Crippen LogP contribution in [-0.2, 0) is 4.79 Å². The molecule has 1 unspecified atom stereocenters. The Labute approximate surface area is 157 Å². The van der Waals surface area contributed by atoms with Gasteiger partial charge in [-0.05, 0) is 37.6 Å². The molecule has 0 aliphatic heterocycles. The fourth-order valence-corrected chi connectivity index (χ4v) is 2.24. The highest BCUT2D eigenvalue weighted by Gasteiger charge is 2.18. The molecule has 0 bridgehead atoms. The normalized spacial score (nSPS) is 11.3. The Morgan fingerprint density at radius 1 is 1.04 bits per heavy atom. The van der Waals surface area contributed by atoms with Gasteiger partial charge in [0.2, 0.25) is 0 Å². The summed E-state index contributed by atoms with van der Waals surface area (Å²) in [5.41, 5.74) is 5.04. The van der Waals surface area contributed by atoms with Gasteiger partial charge in [-0.1, -0.05) is 42.8 Å². The molecule has 0 aliphatic carbocycles. The monoisotopic (exact) mass is 376 g/mol. The van der Waals surface area contributed by atoms with Crippen molar-refractivity contribution in [2.45, 2.75) is 26.4 Å². The van der Waals surface area contributed by atoms with Gasteiger partial charge in [0.1, 0.15) is 11.5 Å². The minimum Gasteiger partial charge on any atom is -0.493 e. The summed E-state index contributed by atoms with van der Waals surface area (Å²) in [6.07, 6.45) is -0.0226. The molecule has 0 aromatic heterocycles. The Morgan fingerprint density at radius 2 is 1.69 bits per heavy atom. The second-order valence-electron chi connectivity index (χ2n) is 5.48. The molecule has 0 aliphatic rings. The quantitative estimate of drug-likeness (QED) is 0.726. The molecule has 7 heteroatoms. The average Bonchev–Trinajstić information content (AvgIpc) is 2.66. The zero-order valence-corrected chi connectivity index (χ0v) is 15.4. The van der Waals surface area contributed by atoms with Crippen LogP contribution in [-0.4, -0.2) is 24.5 Å². The molecule has 0 saturated carbocycles. The van der Waals surface area contributed by atoms with Gasteiger partial charge in [0.05, 0.1) is 17.2 Å². The van der Waals surface area contributed by atoms with E-state index in [2.05, 4.69) is 10.9 Å². The number of hydrogen-bond acceptors (Lipinski definition) is 4. The topological polar surface area (TPSA) is 76.7 Å². The first-order valence-electron chi connectivity index (χ1n) is 8.26. The van der Waals surface area contributed by atoms with Gasteiger partial charge in [-0.2, -0.15) is 0 Å². The maximum atomic E-state index is 12.3. The van der Waals surface area contributed by atoms with Gasteiger partial charge in [-0.15, -0.1) is 0 Å². The highest BCUT2D eigenvalue weighted by atomic mass is 35.5. The summed E-state index contributed by atoms with van der Waals surface area (Å²) < 4.78 is 11.0. The number of halogens is 1. The van der Waals surface area contributed by atoms with E-state index in [-0.39, 0.29) is 0 Å². The third-order valence-electron chi connectivity index (χ3n) is 3.40. The molecular weight excluding hydrogens is 356 g/mol. The van der Waals surface area contributed by atoms with E-state index in [9.17, 15) is 9.59 Å². The highest BCUT2D eigenvalue weighted by molar-refractivity contribution is 6.32. The van der Waals surface area contributed by atoms with Crippen LogP contribution in [0.5, 0.6) is 11.5 Å². The Balaban J connectivity index is 1.92. The molecular formula is C19H21ClN2O4. The first-order chi connectivity index (χ1) is 12.5. The van der Waals surface area contributed by atoms with Crippen molar-refractivity contribution in [2.24, 2.45) is 0 Å². The lowest BCUT2D eigenvalue weighted by atomic mass is 10.2. The van der Waals surface area contributed by atoms with Crippen LogP contribution in [0.2, 0.25) is 5.02 Å². The first-order valence-corrected chi connectivity index (χ1v) is 8.64. The Morgan fingerprint density at radius 3 is 2.38 bits per heavy atom. The number of ether oxygens (including phenoxy) is 2. The number of hydrogen-bond donors (Lipinski definition) is 2. The molecule has 0 radical (unpaired) electrons. The highest BCUT2D eigenvalue weighted by Crippen LogP contribution is 2.24. The Hall–Kier alpha value is -2.73. The molecule has 0 spiro atoms. The molecule has 2 N–H and O–H groups in total. The average molecular weight is 377 g/mol. The van der Waals surface area contributed by atoms with Crippen LogP contribution in [0.4, 0.5) is 0 Å². The number of rotatable bonds is 7. The van der Waals surface area contributed by atoms with E-state index in [0.717, 1.165) is 6.42 Å². The third-order valence-corrected chi connectivity index (χ3v) is 3.71. The van der Waals surface area contributed by atoms with Gasteiger partial charge in [0, 0.05) is 0 Å². The summed E-state index contributed by atoms with van der Waals surface area (Å²) in [5.74, 6) is -0.136. The summed E-state index contributed by atoms with van der Waals surface area (Å²) in [5, 5.41) is 0.401. The van der Waals surface area contributed by atoms with Gasteiger partial charge in [-0.3, -0.25) is 20.4 Å². The summed E-state index contributed by atoms with van der Waals surface area (Å²) in [6.45, 7) is 4.03. The molecule has 0 fully saturated rings. The van der Waals surface area contributed by atoms with Gasteiger partial charge in [0.25, 0.3) is 11.8 Å². The minimum atomic E-state index is -0.846. The molecule has 1 atom stereocenters. The largest absolute Gasteiger partial charge is 0.493 e. The van der Waals surface area contributed by atoms with Crippen molar-refractivity contribution in [2.75, 3.05) is 6.61 Å². The SMILES string of the molecule is CCCOc1ccccc1C(=O)NNC(=O)C(C)Oc1ccccc1Cl. The lowest BCUT2D eigenvalue weighted by Gasteiger charge is -2.16. The number of hydrazine groups is 1. The number of carbonyl (C=O) groups is 2. The number of nitrogens with one attached hydrogen (secondary N) is 2. The molecule has 6 nitrogen and oxygen atoms in total. The van der Waals surface area contributed by atoms with Crippen LogP contribution in [0.25, 0.3) is 0 Å². The second-order valence-corrected chi connectivity index (χ2v) is 5.89. The van der Waals surface area contributed by atoms with E-state index in [1.807, 2.05) is 6.92 Å². The van der Waals surface area contributed by atoms with E-state index >= 15 is 0 Å². The molecule has 138 valence electrons. The lowest BCUT2D eigenvalue weighted by molar-refractivity contribution is -0.128. The lowest BCUT2D eigenvalue weighted by Crippen LogP contribution is -2.47. The van der Waals surface area contributed by atoms with Crippen LogP contribution in [0, 0.1) is 0 Å². The van der Waals surface area contributed by atoms with Crippen molar-refractivity contribution in [1.82, 2.24) is 10.9 Å². The van der Waals surface area contributed by atoms with Gasteiger partial charge in [0.15, 0.2) is 6.10 Å². The van der Waals surface area contributed by atoms with Gasteiger partial charge in [-0.25, -0.2) is 0 Å². The van der Waals surface area contributed by atoms with Crippen molar-refractivity contribution in [3.05, 3.63) is 59.1 Å². The molecule has 2 amide bonds. The summed E-state index contributed by atoms with van der Waals surface area (Å²) in [4.78, 5) is 24.4. The molecule has 0 heterocycles. The number of benzene rings is 2. The maximum Gasteiger partial charge on any atom is 0.279 e.